The monoisotopic (exact) mass is 288 g/mol. The standard InChI is InChI=1S/C14H19F3N2O/c1-19(12-4-6-20-7-5-12)9-10-2-3-11(18)8-13(10)14(15,16)17/h2-3,8,12H,4-7,9,18H2,1H3. The molecule has 0 radical (unpaired) electrons. The Labute approximate surface area is 116 Å². The minimum atomic E-state index is -4.37. The second-order valence-corrected chi connectivity index (χ2v) is 5.17. The summed E-state index contributed by atoms with van der Waals surface area (Å²) in [5.41, 5.74) is 5.22. The van der Waals surface area contributed by atoms with E-state index in [1.807, 2.05) is 11.9 Å². The van der Waals surface area contributed by atoms with E-state index in [-0.39, 0.29) is 23.8 Å². The van der Waals surface area contributed by atoms with Crippen LogP contribution in [-0.4, -0.2) is 31.2 Å². The van der Waals surface area contributed by atoms with Gasteiger partial charge in [-0.25, -0.2) is 0 Å². The molecule has 1 aliphatic heterocycles. The van der Waals surface area contributed by atoms with E-state index in [9.17, 15) is 13.2 Å². The van der Waals surface area contributed by atoms with Crippen LogP contribution in [0.2, 0.25) is 0 Å². The first-order valence-corrected chi connectivity index (χ1v) is 6.61. The molecule has 1 aromatic rings. The second-order valence-electron chi connectivity index (χ2n) is 5.17. The van der Waals surface area contributed by atoms with Crippen molar-refractivity contribution in [3.63, 3.8) is 0 Å². The Balaban J connectivity index is 2.16. The van der Waals surface area contributed by atoms with Crippen LogP contribution < -0.4 is 5.73 Å². The smallest absolute Gasteiger partial charge is 0.399 e. The highest BCUT2D eigenvalue weighted by molar-refractivity contribution is 5.46. The number of hydrogen-bond acceptors (Lipinski definition) is 3. The molecule has 0 bridgehead atoms. The zero-order valence-corrected chi connectivity index (χ0v) is 11.4. The third-order valence-corrected chi connectivity index (χ3v) is 3.67. The number of nitrogens with two attached hydrogens (primary N) is 1. The van der Waals surface area contributed by atoms with Gasteiger partial charge in [0.1, 0.15) is 0 Å². The fourth-order valence-corrected chi connectivity index (χ4v) is 2.52. The van der Waals surface area contributed by atoms with Gasteiger partial charge in [0.15, 0.2) is 0 Å². The number of nitrogens with zero attached hydrogens (tertiary/aromatic N) is 1. The van der Waals surface area contributed by atoms with Gasteiger partial charge in [-0.1, -0.05) is 6.07 Å². The molecule has 0 unspecified atom stereocenters. The van der Waals surface area contributed by atoms with Gasteiger partial charge in [0.05, 0.1) is 5.56 Å². The van der Waals surface area contributed by atoms with Crippen LogP contribution in [0.25, 0.3) is 0 Å². The molecule has 1 saturated heterocycles. The number of halogens is 3. The van der Waals surface area contributed by atoms with Crippen molar-refractivity contribution >= 4 is 5.69 Å². The topological polar surface area (TPSA) is 38.5 Å². The van der Waals surface area contributed by atoms with Crippen molar-refractivity contribution in [2.75, 3.05) is 26.0 Å². The van der Waals surface area contributed by atoms with E-state index in [2.05, 4.69) is 0 Å². The molecule has 3 nitrogen and oxygen atoms in total. The second kappa shape index (κ2) is 6.01. The molecule has 1 fully saturated rings. The van der Waals surface area contributed by atoms with Crippen LogP contribution in [0.4, 0.5) is 18.9 Å². The molecular weight excluding hydrogens is 269 g/mol. The van der Waals surface area contributed by atoms with Gasteiger partial charge < -0.3 is 10.5 Å². The van der Waals surface area contributed by atoms with Gasteiger partial charge >= 0.3 is 6.18 Å². The van der Waals surface area contributed by atoms with Crippen LogP contribution in [-0.2, 0) is 17.5 Å². The fraction of sp³-hybridized carbons (Fsp3) is 0.571. The van der Waals surface area contributed by atoms with E-state index < -0.39 is 11.7 Å². The summed E-state index contributed by atoms with van der Waals surface area (Å²) in [5.74, 6) is 0. The Morgan fingerprint density at radius 1 is 1.30 bits per heavy atom. The normalized spacial score (nSPS) is 17.6. The van der Waals surface area contributed by atoms with Crippen molar-refractivity contribution in [3.8, 4) is 0 Å². The van der Waals surface area contributed by atoms with Gasteiger partial charge in [0.2, 0.25) is 0 Å². The first kappa shape index (κ1) is 15.1. The van der Waals surface area contributed by atoms with Gasteiger partial charge in [-0.05, 0) is 37.6 Å². The van der Waals surface area contributed by atoms with Gasteiger partial charge in [-0.2, -0.15) is 13.2 Å². The lowest BCUT2D eigenvalue weighted by molar-refractivity contribution is -0.138. The number of anilines is 1. The Kier molecular flexibility index (Phi) is 4.55. The van der Waals surface area contributed by atoms with Crippen LogP contribution in [0.15, 0.2) is 18.2 Å². The SMILES string of the molecule is CN(Cc1ccc(N)cc1C(F)(F)F)C1CCOCC1. The average Bonchev–Trinajstić information content (AvgIpc) is 2.40. The van der Waals surface area contributed by atoms with Gasteiger partial charge in [0.25, 0.3) is 0 Å². The summed E-state index contributed by atoms with van der Waals surface area (Å²) in [6, 6.07) is 4.26. The largest absolute Gasteiger partial charge is 0.416 e. The summed E-state index contributed by atoms with van der Waals surface area (Å²) in [4.78, 5) is 1.96. The summed E-state index contributed by atoms with van der Waals surface area (Å²) in [5, 5.41) is 0. The number of ether oxygens (including phenoxy) is 1. The summed E-state index contributed by atoms with van der Waals surface area (Å²) in [6.07, 6.45) is -2.67. The minimum Gasteiger partial charge on any atom is -0.399 e. The lowest BCUT2D eigenvalue weighted by Gasteiger charge is -2.31. The van der Waals surface area contributed by atoms with Crippen LogP contribution in [0.5, 0.6) is 0 Å². The summed E-state index contributed by atoms with van der Waals surface area (Å²) in [7, 11) is 1.85. The zero-order chi connectivity index (χ0) is 14.8. The highest BCUT2D eigenvalue weighted by atomic mass is 19.4. The van der Waals surface area contributed by atoms with E-state index in [0.29, 0.717) is 13.2 Å². The number of alkyl halides is 3. The first-order valence-electron chi connectivity index (χ1n) is 6.61. The number of nitrogen functional groups attached to an aromatic ring is 1. The van der Waals surface area contributed by atoms with E-state index in [0.717, 1.165) is 18.9 Å². The average molecular weight is 288 g/mol. The molecule has 2 N–H and O–H groups in total. The quantitative estimate of drug-likeness (QED) is 0.869. The van der Waals surface area contributed by atoms with Crippen molar-refractivity contribution < 1.29 is 17.9 Å². The molecule has 0 atom stereocenters. The van der Waals surface area contributed by atoms with Crippen molar-refractivity contribution in [2.45, 2.75) is 31.6 Å². The Morgan fingerprint density at radius 3 is 2.55 bits per heavy atom. The molecule has 2 rings (SSSR count). The van der Waals surface area contributed by atoms with Crippen LogP contribution in [0.3, 0.4) is 0 Å². The first-order chi connectivity index (χ1) is 9.38. The predicted octanol–water partition coefficient (Wildman–Crippen LogP) is 2.90. The van der Waals surface area contributed by atoms with E-state index in [1.54, 1.807) is 0 Å². The van der Waals surface area contributed by atoms with Gasteiger partial charge in [0, 0.05) is 31.5 Å². The Hall–Kier alpha value is -1.27. The van der Waals surface area contributed by atoms with Crippen LogP contribution in [0, 0.1) is 0 Å². The molecule has 112 valence electrons. The zero-order valence-electron chi connectivity index (χ0n) is 11.4. The summed E-state index contributed by atoms with van der Waals surface area (Å²) >= 11 is 0. The fourth-order valence-electron chi connectivity index (χ4n) is 2.52. The van der Waals surface area contributed by atoms with Crippen molar-refractivity contribution in [3.05, 3.63) is 29.3 Å². The maximum absolute atomic E-state index is 13.0. The van der Waals surface area contributed by atoms with Crippen LogP contribution in [0.1, 0.15) is 24.0 Å². The molecule has 0 spiro atoms. The molecule has 6 heteroatoms. The molecule has 0 saturated carbocycles. The molecule has 1 heterocycles. The third-order valence-electron chi connectivity index (χ3n) is 3.67. The maximum Gasteiger partial charge on any atom is 0.416 e. The predicted molar refractivity (Wildman–Crippen MR) is 71.2 cm³/mol. The van der Waals surface area contributed by atoms with E-state index in [1.165, 1.54) is 12.1 Å². The lowest BCUT2D eigenvalue weighted by Crippen LogP contribution is -2.36. The van der Waals surface area contributed by atoms with Crippen LogP contribution >= 0.6 is 0 Å². The van der Waals surface area contributed by atoms with Crippen molar-refractivity contribution in [1.29, 1.82) is 0 Å². The van der Waals surface area contributed by atoms with E-state index >= 15 is 0 Å². The summed E-state index contributed by atoms with van der Waals surface area (Å²) in [6.45, 7) is 1.60. The molecule has 0 amide bonds. The molecule has 0 aliphatic carbocycles. The van der Waals surface area contributed by atoms with Gasteiger partial charge in [-0.3, -0.25) is 4.90 Å². The molecule has 20 heavy (non-hydrogen) atoms. The minimum absolute atomic E-state index is 0.134. The molecule has 1 aromatic carbocycles. The van der Waals surface area contributed by atoms with Crippen molar-refractivity contribution in [2.24, 2.45) is 0 Å². The number of hydrogen-bond donors (Lipinski definition) is 1. The third kappa shape index (κ3) is 3.64. The Morgan fingerprint density at radius 2 is 1.95 bits per heavy atom. The van der Waals surface area contributed by atoms with E-state index in [4.69, 9.17) is 10.5 Å². The molecular formula is C14H19F3N2O. The maximum atomic E-state index is 13.0. The summed E-state index contributed by atoms with van der Waals surface area (Å²) < 4.78 is 44.4. The van der Waals surface area contributed by atoms with Gasteiger partial charge in [-0.15, -0.1) is 0 Å². The Bertz CT molecular complexity index is 456. The molecule has 0 aromatic heterocycles. The molecule has 1 aliphatic rings. The number of rotatable bonds is 3. The highest BCUT2D eigenvalue weighted by Gasteiger charge is 2.34. The number of benzene rings is 1. The van der Waals surface area contributed by atoms with Crippen molar-refractivity contribution in [1.82, 2.24) is 4.90 Å². The lowest BCUT2D eigenvalue weighted by atomic mass is 10.0. The highest BCUT2D eigenvalue weighted by Crippen LogP contribution is 2.34.